The highest BCUT2D eigenvalue weighted by molar-refractivity contribution is 7.15. The van der Waals surface area contributed by atoms with Crippen molar-refractivity contribution < 1.29 is 4.57 Å². The van der Waals surface area contributed by atoms with E-state index in [1.165, 1.54) is 41.8 Å². The number of thiazole rings is 1. The lowest BCUT2D eigenvalue weighted by molar-refractivity contribution is -0.677. The number of benzene rings is 1. The van der Waals surface area contributed by atoms with Crippen LogP contribution in [-0.2, 0) is 19.4 Å². The van der Waals surface area contributed by atoms with E-state index < -0.39 is 0 Å². The predicted molar refractivity (Wildman–Crippen MR) is 71.1 cm³/mol. The third kappa shape index (κ3) is 2.07. The summed E-state index contributed by atoms with van der Waals surface area (Å²) in [7, 11) is 0. The number of fused-ring (bicyclic) bond motifs is 1. The Kier molecular flexibility index (Phi) is 2.85. The maximum atomic E-state index is 6.15. The van der Waals surface area contributed by atoms with Crippen LogP contribution in [0.2, 0.25) is 0 Å². The second kappa shape index (κ2) is 4.49. The Balaban J connectivity index is 1.95. The monoisotopic (exact) mass is 245 g/mol. The molecule has 0 spiro atoms. The smallest absolute Gasteiger partial charge is 0.278 e. The van der Waals surface area contributed by atoms with Gasteiger partial charge in [-0.25, -0.2) is 4.57 Å². The van der Waals surface area contributed by atoms with Crippen molar-refractivity contribution >= 4 is 16.5 Å². The maximum Gasteiger partial charge on any atom is 0.332 e. The first-order chi connectivity index (χ1) is 8.34. The fraction of sp³-hybridized carbons (Fsp3) is 0.357. The molecule has 0 amide bonds. The van der Waals surface area contributed by atoms with E-state index in [0.717, 1.165) is 11.7 Å². The number of hydrogen-bond donors (Lipinski definition) is 1. The summed E-state index contributed by atoms with van der Waals surface area (Å²) >= 11 is 1.78. The Bertz CT molecular complexity index is 517. The van der Waals surface area contributed by atoms with Crippen molar-refractivity contribution in [2.75, 3.05) is 5.73 Å². The number of anilines is 1. The van der Waals surface area contributed by atoms with E-state index in [0.29, 0.717) is 0 Å². The van der Waals surface area contributed by atoms with Crippen LogP contribution in [0.15, 0.2) is 30.3 Å². The van der Waals surface area contributed by atoms with E-state index in [1.54, 1.807) is 11.3 Å². The number of aromatic nitrogens is 1. The summed E-state index contributed by atoms with van der Waals surface area (Å²) in [6, 6.07) is 10.6. The van der Waals surface area contributed by atoms with Crippen LogP contribution in [0.4, 0.5) is 5.13 Å². The molecular weight excluding hydrogens is 228 g/mol. The van der Waals surface area contributed by atoms with Gasteiger partial charge in [0.2, 0.25) is 0 Å². The van der Waals surface area contributed by atoms with Gasteiger partial charge < -0.3 is 0 Å². The molecule has 1 aromatic heterocycles. The summed E-state index contributed by atoms with van der Waals surface area (Å²) < 4.78 is 2.30. The molecule has 2 nitrogen and oxygen atoms in total. The van der Waals surface area contributed by atoms with Crippen molar-refractivity contribution in [1.29, 1.82) is 0 Å². The summed E-state index contributed by atoms with van der Waals surface area (Å²) in [4.78, 5) is 1.50. The SMILES string of the molecule is Nc1sc2c([n+]1Cc1ccccc1)CCCC2. The molecule has 88 valence electrons. The lowest BCUT2D eigenvalue weighted by Gasteiger charge is -2.10. The van der Waals surface area contributed by atoms with Crippen LogP contribution < -0.4 is 10.3 Å². The molecule has 3 rings (SSSR count). The van der Waals surface area contributed by atoms with Crippen LogP contribution in [0.25, 0.3) is 0 Å². The Morgan fingerprint density at radius 1 is 1.12 bits per heavy atom. The van der Waals surface area contributed by atoms with Gasteiger partial charge in [0.15, 0.2) is 0 Å². The van der Waals surface area contributed by atoms with Gasteiger partial charge in [0, 0.05) is 6.42 Å². The van der Waals surface area contributed by atoms with Gasteiger partial charge in [-0.2, -0.15) is 0 Å². The van der Waals surface area contributed by atoms with Gasteiger partial charge in [-0.1, -0.05) is 41.7 Å². The lowest BCUT2D eigenvalue weighted by atomic mass is 10.0. The van der Waals surface area contributed by atoms with Crippen molar-refractivity contribution in [3.8, 4) is 0 Å². The van der Waals surface area contributed by atoms with Crippen molar-refractivity contribution in [3.63, 3.8) is 0 Å². The number of nitrogens with two attached hydrogens (primary N) is 1. The molecule has 1 aliphatic rings. The zero-order chi connectivity index (χ0) is 11.7. The Morgan fingerprint density at radius 2 is 1.88 bits per heavy atom. The summed E-state index contributed by atoms with van der Waals surface area (Å²) in [5, 5.41) is 0.959. The molecule has 0 radical (unpaired) electrons. The first-order valence-electron chi connectivity index (χ1n) is 6.18. The van der Waals surface area contributed by atoms with Gasteiger partial charge in [-0.3, -0.25) is 5.73 Å². The van der Waals surface area contributed by atoms with E-state index in [9.17, 15) is 0 Å². The van der Waals surface area contributed by atoms with Crippen molar-refractivity contribution in [2.45, 2.75) is 32.2 Å². The van der Waals surface area contributed by atoms with E-state index in [2.05, 4.69) is 34.9 Å². The minimum absolute atomic E-state index is 0.915. The van der Waals surface area contributed by atoms with E-state index in [1.807, 2.05) is 0 Å². The lowest BCUT2D eigenvalue weighted by Crippen LogP contribution is -2.40. The molecule has 2 N–H and O–H groups in total. The van der Waals surface area contributed by atoms with Crippen LogP contribution in [0.5, 0.6) is 0 Å². The standard InChI is InChI=1S/C14H16N2S/c15-14-16(10-11-6-2-1-3-7-11)12-8-4-5-9-13(12)17-14/h1-3,6-7,15H,4-5,8-10H2/p+1. The van der Waals surface area contributed by atoms with Gasteiger partial charge >= 0.3 is 5.13 Å². The normalized spacial score (nSPS) is 14.6. The molecule has 0 unspecified atom stereocenters. The summed E-state index contributed by atoms with van der Waals surface area (Å²) in [6.07, 6.45) is 5.03. The predicted octanol–water partition coefficient (Wildman–Crippen LogP) is 2.54. The first-order valence-corrected chi connectivity index (χ1v) is 7.00. The van der Waals surface area contributed by atoms with Crippen molar-refractivity contribution in [2.24, 2.45) is 0 Å². The van der Waals surface area contributed by atoms with Gasteiger partial charge in [0.1, 0.15) is 12.2 Å². The second-order valence-electron chi connectivity index (χ2n) is 4.59. The van der Waals surface area contributed by atoms with Crippen LogP contribution in [0.1, 0.15) is 29.0 Å². The molecule has 3 heteroatoms. The minimum atomic E-state index is 0.915. The summed E-state index contributed by atoms with van der Waals surface area (Å²) in [6.45, 7) is 0.915. The number of nitrogens with zero attached hydrogens (tertiary/aromatic N) is 1. The molecule has 0 bridgehead atoms. The first kappa shape index (κ1) is 10.8. The van der Waals surface area contributed by atoms with Gasteiger partial charge in [0.05, 0.1) is 4.88 Å². The van der Waals surface area contributed by atoms with Crippen LogP contribution in [-0.4, -0.2) is 0 Å². The quantitative estimate of drug-likeness (QED) is 0.810. The average Bonchev–Trinajstić information content (AvgIpc) is 2.68. The van der Waals surface area contributed by atoms with Gasteiger partial charge in [0.25, 0.3) is 0 Å². The van der Waals surface area contributed by atoms with Crippen LogP contribution >= 0.6 is 11.3 Å². The van der Waals surface area contributed by atoms with E-state index in [-0.39, 0.29) is 0 Å². The Labute approximate surface area is 106 Å². The van der Waals surface area contributed by atoms with Gasteiger partial charge in [-0.05, 0) is 24.8 Å². The van der Waals surface area contributed by atoms with Crippen LogP contribution in [0, 0.1) is 0 Å². The Hall–Kier alpha value is -1.35. The molecule has 17 heavy (non-hydrogen) atoms. The average molecular weight is 245 g/mol. The second-order valence-corrected chi connectivity index (χ2v) is 5.70. The molecule has 2 aromatic rings. The molecule has 0 saturated carbocycles. The minimum Gasteiger partial charge on any atom is -0.278 e. The molecule has 1 aromatic carbocycles. The highest BCUT2D eigenvalue weighted by Crippen LogP contribution is 2.26. The van der Waals surface area contributed by atoms with E-state index in [4.69, 9.17) is 5.73 Å². The van der Waals surface area contributed by atoms with Crippen LogP contribution in [0.3, 0.4) is 0 Å². The third-order valence-electron chi connectivity index (χ3n) is 3.39. The fourth-order valence-electron chi connectivity index (χ4n) is 2.51. The largest absolute Gasteiger partial charge is 0.332 e. The number of rotatable bonds is 2. The van der Waals surface area contributed by atoms with Crippen molar-refractivity contribution in [3.05, 3.63) is 46.5 Å². The molecular formula is C14H17N2S+. The molecule has 0 saturated heterocycles. The highest BCUT2D eigenvalue weighted by atomic mass is 32.1. The van der Waals surface area contributed by atoms with E-state index >= 15 is 0 Å². The molecule has 1 aliphatic carbocycles. The number of hydrogen-bond acceptors (Lipinski definition) is 2. The fourth-order valence-corrected chi connectivity index (χ4v) is 3.62. The summed E-state index contributed by atoms with van der Waals surface area (Å²) in [5.74, 6) is 0. The molecule has 0 aliphatic heterocycles. The number of nitrogen functional groups attached to an aromatic ring is 1. The highest BCUT2D eigenvalue weighted by Gasteiger charge is 2.23. The topological polar surface area (TPSA) is 29.9 Å². The number of aryl methyl sites for hydroxylation is 1. The summed E-state index contributed by atoms with van der Waals surface area (Å²) in [5.41, 5.74) is 8.95. The maximum absolute atomic E-state index is 6.15. The zero-order valence-corrected chi connectivity index (χ0v) is 10.7. The molecule has 1 heterocycles. The molecule has 0 atom stereocenters. The van der Waals surface area contributed by atoms with Gasteiger partial charge in [-0.15, -0.1) is 0 Å². The third-order valence-corrected chi connectivity index (χ3v) is 4.51. The van der Waals surface area contributed by atoms with Crippen molar-refractivity contribution in [1.82, 2.24) is 0 Å². The molecule has 0 fully saturated rings. The zero-order valence-electron chi connectivity index (χ0n) is 9.86. The Morgan fingerprint density at radius 3 is 2.71 bits per heavy atom.